The van der Waals surface area contributed by atoms with Crippen molar-refractivity contribution in [1.82, 2.24) is 10.6 Å². The summed E-state index contributed by atoms with van der Waals surface area (Å²) in [5.41, 5.74) is 2.35. The molecular weight excluding hydrogens is 449 g/mol. The van der Waals surface area contributed by atoms with Crippen LogP contribution in [0.4, 0.5) is 0 Å². The number of benzene rings is 1. The van der Waals surface area contributed by atoms with Crippen molar-refractivity contribution in [3.8, 4) is 0 Å². The summed E-state index contributed by atoms with van der Waals surface area (Å²) in [4.78, 5) is 4.64. The highest BCUT2D eigenvalue weighted by atomic mass is 127. The van der Waals surface area contributed by atoms with Crippen LogP contribution in [0.1, 0.15) is 25.0 Å². The summed E-state index contributed by atoms with van der Waals surface area (Å²) in [6.07, 6.45) is 2.10. The van der Waals surface area contributed by atoms with Crippen LogP contribution in [-0.4, -0.2) is 50.9 Å². The van der Waals surface area contributed by atoms with Gasteiger partial charge in [0.25, 0.3) is 0 Å². The van der Waals surface area contributed by atoms with Crippen molar-refractivity contribution in [3.63, 3.8) is 0 Å². The predicted molar refractivity (Wildman–Crippen MR) is 119 cm³/mol. The van der Waals surface area contributed by atoms with E-state index >= 15 is 0 Å². The van der Waals surface area contributed by atoms with Gasteiger partial charge >= 0.3 is 0 Å². The van der Waals surface area contributed by atoms with E-state index in [0.29, 0.717) is 26.4 Å². The number of aliphatic imine (C=N–C) groups is 1. The van der Waals surface area contributed by atoms with Crippen LogP contribution in [0.15, 0.2) is 29.3 Å². The monoisotopic (exact) mass is 481 g/mol. The summed E-state index contributed by atoms with van der Waals surface area (Å²) < 4.78 is 10.9. The third-order valence-corrected chi connectivity index (χ3v) is 3.81. The normalized spacial score (nSPS) is 11.1. The van der Waals surface area contributed by atoms with Gasteiger partial charge in [0.05, 0.1) is 26.4 Å². The minimum Gasteiger partial charge on any atom is -0.379 e. The Bertz CT molecular complexity index is 475. The standard InChI is InChI=1S/C18H31N3O2S.HI/c1-4-19-18(20-9-12-24-3)21-14-16-7-6-8-17(13-16)15-23-11-10-22-5-2;/h6-8,13H,4-5,9-12,14-15H2,1-3H3,(H2,19,20,21);1H. The number of rotatable bonds is 12. The Hall–Kier alpha value is -0.510. The zero-order valence-corrected chi connectivity index (χ0v) is 18.7. The Morgan fingerprint density at radius 2 is 1.88 bits per heavy atom. The molecular formula is C18H32IN3O2S. The van der Waals surface area contributed by atoms with Crippen LogP contribution in [0.2, 0.25) is 0 Å². The van der Waals surface area contributed by atoms with Crippen LogP contribution in [-0.2, 0) is 22.6 Å². The van der Waals surface area contributed by atoms with Crippen LogP contribution < -0.4 is 10.6 Å². The maximum absolute atomic E-state index is 5.62. The van der Waals surface area contributed by atoms with Gasteiger partial charge in [-0.1, -0.05) is 24.3 Å². The smallest absolute Gasteiger partial charge is 0.191 e. The molecule has 144 valence electrons. The van der Waals surface area contributed by atoms with Gasteiger partial charge in [-0.15, -0.1) is 24.0 Å². The number of hydrogen-bond donors (Lipinski definition) is 2. The van der Waals surface area contributed by atoms with E-state index in [1.165, 1.54) is 11.1 Å². The zero-order valence-electron chi connectivity index (χ0n) is 15.5. The molecule has 0 unspecified atom stereocenters. The number of halogens is 1. The van der Waals surface area contributed by atoms with Crippen molar-refractivity contribution < 1.29 is 9.47 Å². The van der Waals surface area contributed by atoms with E-state index in [0.717, 1.165) is 31.4 Å². The van der Waals surface area contributed by atoms with Crippen molar-refractivity contribution in [2.45, 2.75) is 27.0 Å². The SMILES string of the molecule is CCNC(=NCc1cccc(COCCOCC)c1)NCCSC.I. The largest absolute Gasteiger partial charge is 0.379 e. The molecule has 2 N–H and O–H groups in total. The van der Waals surface area contributed by atoms with E-state index < -0.39 is 0 Å². The number of guanidine groups is 1. The summed E-state index contributed by atoms with van der Waals surface area (Å²) in [5, 5.41) is 6.61. The molecule has 0 heterocycles. The van der Waals surface area contributed by atoms with Crippen molar-refractivity contribution in [3.05, 3.63) is 35.4 Å². The van der Waals surface area contributed by atoms with Crippen molar-refractivity contribution in [2.24, 2.45) is 4.99 Å². The van der Waals surface area contributed by atoms with E-state index in [9.17, 15) is 0 Å². The second kappa shape index (κ2) is 16.9. The minimum absolute atomic E-state index is 0. The van der Waals surface area contributed by atoms with E-state index in [1.54, 1.807) is 0 Å². The van der Waals surface area contributed by atoms with Gasteiger partial charge in [0.15, 0.2) is 5.96 Å². The van der Waals surface area contributed by atoms with Gasteiger partial charge in [0, 0.05) is 25.4 Å². The molecule has 0 spiro atoms. The van der Waals surface area contributed by atoms with Crippen LogP contribution in [0.3, 0.4) is 0 Å². The molecule has 0 atom stereocenters. The molecule has 0 radical (unpaired) electrons. The minimum atomic E-state index is 0. The van der Waals surface area contributed by atoms with Gasteiger partial charge in [-0.05, 0) is 31.2 Å². The Labute approximate surface area is 173 Å². The van der Waals surface area contributed by atoms with Crippen LogP contribution in [0.5, 0.6) is 0 Å². The number of thioether (sulfide) groups is 1. The molecule has 0 amide bonds. The molecule has 0 aromatic heterocycles. The van der Waals surface area contributed by atoms with Crippen molar-refractivity contribution >= 4 is 41.7 Å². The molecule has 1 aromatic carbocycles. The maximum atomic E-state index is 5.62. The molecule has 0 bridgehead atoms. The molecule has 0 aliphatic rings. The lowest BCUT2D eigenvalue weighted by atomic mass is 10.1. The molecule has 0 aliphatic heterocycles. The highest BCUT2D eigenvalue weighted by molar-refractivity contribution is 14.0. The molecule has 1 rings (SSSR count). The lowest BCUT2D eigenvalue weighted by molar-refractivity contribution is 0.0453. The van der Waals surface area contributed by atoms with Gasteiger partial charge < -0.3 is 20.1 Å². The Balaban J connectivity index is 0.00000576. The van der Waals surface area contributed by atoms with Crippen LogP contribution in [0, 0.1) is 0 Å². The summed E-state index contributed by atoms with van der Waals surface area (Å²) in [7, 11) is 0. The highest BCUT2D eigenvalue weighted by Crippen LogP contribution is 2.08. The fourth-order valence-electron chi connectivity index (χ4n) is 2.05. The average Bonchev–Trinajstić information content (AvgIpc) is 2.60. The molecule has 0 aliphatic carbocycles. The van der Waals surface area contributed by atoms with Crippen molar-refractivity contribution in [1.29, 1.82) is 0 Å². The third kappa shape index (κ3) is 12.5. The summed E-state index contributed by atoms with van der Waals surface area (Å²) >= 11 is 1.82. The Morgan fingerprint density at radius 1 is 1.12 bits per heavy atom. The van der Waals surface area contributed by atoms with E-state index in [-0.39, 0.29) is 24.0 Å². The Morgan fingerprint density at radius 3 is 2.60 bits per heavy atom. The zero-order chi connectivity index (χ0) is 17.5. The van der Waals surface area contributed by atoms with Gasteiger partial charge in [-0.25, -0.2) is 4.99 Å². The second-order valence-corrected chi connectivity index (χ2v) is 6.17. The second-order valence-electron chi connectivity index (χ2n) is 5.18. The molecule has 7 heteroatoms. The average molecular weight is 481 g/mol. The van der Waals surface area contributed by atoms with E-state index in [2.05, 4.69) is 53.1 Å². The Kier molecular flexibility index (Phi) is 16.6. The van der Waals surface area contributed by atoms with Gasteiger partial charge in [0.2, 0.25) is 0 Å². The molecule has 0 saturated carbocycles. The molecule has 25 heavy (non-hydrogen) atoms. The lowest BCUT2D eigenvalue weighted by Crippen LogP contribution is -2.38. The first-order valence-electron chi connectivity index (χ1n) is 8.54. The van der Waals surface area contributed by atoms with E-state index in [4.69, 9.17) is 9.47 Å². The fraction of sp³-hybridized carbons (Fsp3) is 0.611. The summed E-state index contributed by atoms with van der Waals surface area (Å²) in [5.74, 6) is 1.93. The molecule has 1 aromatic rings. The maximum Gasteiger partial charge on any atom is 0.191 e. The topological polar surface area (TPSA) is 54.9 Å². The first-order chi connectivity index (χ1) is 11.8. The third-order valence-electron chi connectivity index (χ3n) is 3.20. The van der Waals surface area contributed by atoms with Gasteiger partial charge in [0.1, 0.15) is 0 Å². The van der Waals surface area contributed by atoms with Gasteiger partial charge in [-0.2, -0.15) is 11.8 Å². The molecule has 0 saturated heterocycles. The highest BCUT2D eigenvalue weighted by Gasteiger charge is 1.99. The van der Waals surface area contributed by atoms with Crippen LogP contribution in [0.25, 0.3) is 0 Å². The first kappa shape index (κ1) is 24.5. The molecule has 0 fully saturated rings. The van der Waals surface area contributed by atoms with Gasteiger partial charge in [-0.3, -0.25) is 0 Å². The quantitative estimate of drug-likeness (QED) is 0.208. The number of ether oxygens (including phenoxy) is 2. The van der Waals surface area contributed by atoms with E-state index in [1.807, 2.05) is 18.7 Å². The number of nitrogens with one attached hydrogen (secondary N) is 2. The molecule has 5 nitrogen and oxygen atoms in total. The first-order valence-corrected chi connectivity index (χ1v) is 9.94. The summed E-state index contributed by atoms with van der Waals surface area (Å²) in [6, 6.07) is 8.38. The lowest BCUT2D eigenvalue weighted by Gasteiger charge is -2.11. The fourth-order valence-corrected chi connectivity index (χ4v) is 2.36. The number of hydrogen-bond acceptors (Lipinski definition) is 4. The predicted octanol–water partition coefficient (Wildman–Crippen LogP) is 3.28. The number of nitrogens with zero attached hydrogens (tertiary/aromatic N) is 1. The van der Waals surface area contributed by atoms with Crippen LogP contribution >= 0.6 is 35.7 Å². The summed E-state index contributed by atoms with van der Waals surface area (Å²) in [6.45, 7) is 9.11. The van der Waals surface area contributed by atoms with Crippen molar-refractivity contribution in [2.75, 3.05) is 44.9 Å².